The zero-order valence-electron chi connectivity index (χ0n) is 7.36. The minimum atomic E-state index is -0.477. The van der Waals surface area contributed by atoms with E-state index >= 15 is 0 Å². The largest absolute Gasteiger partial charge is 0.497 e. The van der Waals surface area contributed by atoms with Crippen LogP contribution in [0.3, 0.4) is 0 Å². The Morgan fingerprint density at radius 2 is 2.38 bits per heavy atom. The highest BCUT2D eigenvalue weighted by Crippen LogP contribution is 2.18. The molecule has 66 valence electrons. The van der Waals surface area contributed by atoms with Gasteiger partial charge in [0.25, 0.3) is 0 Å². The lowest BCUT2D eigenvalue weighted by Crippen LogP contribution is -1.96. The van der Waals surface area contributed by atoms with Gasteiger partial charge in [-0.15, -0.1) is 6.42 Å². The van der Waals surface area contributed by atoms with E-state index in [1.54, 1.807) is 19.2 Å². The highest BCUT2D eigenvalue weighted by atomic mass is 16.5. The molecule has 0 heterocycles. The van der Waals surface area contributed by atoms with E-state index in [9.17, 15) is 4.79 Å². The molecule has 0 bridgehead atoms. The summed E-state index contributed by atoms with van der Waals surface area (Å²) in [6.45, 7) is 0. The van der Waals surface area contributed by atoms with E-state index in [1.165, 1.54) is 0 Å². The number of carbonyl (C=O) groups is 1. The number of ether oxygens (including phenoxy) is 1. The van der Waals surface area contributed by atoms with Crippen molar-refractivity contribution in [2.24, 2.45) is 0 Å². The third kappa shape index (κ3) is 2.09. The molecule has 2 nitrogen and oxygen atoms in total. The molecule has 0 saturated heterocycles. The van der Waals surface area contributed by atoms with Crippen LogP contribution in [0.1, 0.15) is 11.5 Å². The molecule has 0 spiro atoms. The number of hydrogen-bond donors (Lipinski definition) is 0. The third-order valence-electron chi connectivity index (χ3n) is 1.77. The second-order valence-electron chi connectivity index (χ2n) is 2.56. The van der Waals surface area contributed by atoms with Gasteiger partial charge in [-0.05, 0) is 17.7 Å². The average molecular weight is 174 g/mol. The van der Waals surface area contributed by atoms with E-state index in [4.69, 9.17) is 11.2 Å². The van der Waals surface area contributed by atoms with Gasteiger partial charge in [0, 0.05) is 0 Å². The molecule has 1 rings (SSSR count). The lowest BCUT2D eigenvalue weighted by Gasteiger charge is -2.05. The van der Waals surface area contributed by atoms with Crippen molar-refractivity contribution in [1.82, 2.24) is 0 Å². The SMILES string of the molecule is C#CC(C=O)c1cccc(OC)c1. The summed E-state index contributed by atoms with van der Waals surface area (Å²) in [5, 5.41) is 0. The summed E-state index contributed by atoms with van der Waals surface area (Å²) in [5.74, 6) is 2.63. The molecule has 0 saturated carbocycles. The molecule has 0 amide bonds. The first-order valence-corrected chi connectivity index (χ1v) is 3.87. The number of benzene rings is 1. The lowest BCUT2D eigenvalue weighted by atomic mass is 10.0. The van der Waals surface area contributed by atoms with Crippen LogP contribution in [0.4, 0.5) is 0 Å². The van der Waals surface area contributed by atoms with E-state index in [-0.39, 0.29) is 0 Å². The van der Waals surface area contributed by atoms with Gasteiger partial charge in [-0.3, -0.25) is 0 Å². The number of methoxy groups -OCH3 is 1. The Hall–Kier alpha value is -1.75. The van der Waals surface area contributed by atoms with Crippen LogP contribution in [0.5, 0.6) is 5.75 Å². The molecule has 1 aromatic carbocycles. The monoisotopic (exact) mass is 174 g/mol. The van der Waals surface area contributed by atoms with Gasteiger partial charge in [-0.25, -0.2) is 0 Å². The number of aldehydes is 1. The predicted molar refractivity (Wildman–Crippen MR) is 50.6 cm³/mol. The van der Waals surface area contributed by atoms with Crippen LogP contribution in [0, 0.1) is 12.3 Å². The van der Waals surface area contributed by atoms with Crippen molar-refractivity contribution in [3.63, 3.8) is 0 Å². The van der Waals surface area contributed by atoms with Gasteiger partial charge in [0.1, 0.15) is 18.0 Å². The van der Waals surface area contributed by atoms with E-state index < -0.39 is 5.92 Å². The zero-order valence-corrected chi connectivity index (χ0v) is 7.36. The smallest absolute Gasteiger partial charge is 0.139 e. The van der Waals surface area contributed by atoms with Crippen LogP contribution in [0.15, 0.2) is 24.3 Å². The average Bonchev–Trinajstić information content (AvgIpc) is 2.20. The summed E-state index contributed by atoms with van der Waals surface area (Å²) >= 11 is 0. The summed E-state index contributed by atoms with van der Waals surface area (Å²) < 4.78 is 5.01. The summed E-state index contributed by atoms with van der Waals surface area (Å²) in [4.78, 5) is 10.6. The van der Waals surface area contributed by atoms with Crippen molar-refractivity contribution in [3.8, 4) is 18.1 Å². The van der Waals surface area contributed by atoms with Gasteiger partial charge >= 0.3 is 0 Å². The first-order chi connectivity index (χ1) is 6.31. The Morgan fingerprint density at radius 3 is 2.92 bits per heavy atom. The third-order valence-corrected chi connectivity index (χ3v) is 1.77. The number of terminal acetylenes is 1. The fraction of sp³-hybridized carbons (Fsp3) is 0.182. The molecule has 0 fully saturated rings. The van der Waals surface area contributed by atoms with Crippen LogP contribution < -0.4 is 4.74 Å². The molecular formula is C11H10O2. The van der Waals surface area contributed by atoms with Crippen LogP contribution in [0.25, 0.3) is 0 Å². The topological polar surface area (TPSA) is 26.3 Å². The van der Waals surface area contributed by atoms with Gasteiger partial charge in [0.05, 0.1) is 7.11 Å². The molecule has 1 aromatic rings. The molecule has 0 aliphatic rings. The molecule has 0 aliphatic carbocycles. The Kier molecular flexibility index (Phi) is 3.10. The Morgan fingerprint density at radius 1 is 1.62 bits per heavy atom. The summed E-state index contributed by atoms with van der Waals surface area (Å²) in [7, 11) is 1.57. The molecule has 0 aliphatic heterocycles. The van der Waals surface area contributed by atoms with Crippen LogP contribution in [-0.4, -0.2) is 13.4 Å². The molecule has 0 N–H and O–H groups in total. The van der Waals surface area contributed by atoms with Gasteiger partial charge in [-0.1, -0.05) is 18.1 Å². The van der Waals surface area contributed by atoms with E-state index in [1.807, 2.05) is 12.1 Å². The second-order valence-corrected chi connectivity index (χ2v) is 2.56. The fourth-order valence-electron chi connectivity index (χ4n) is 1.05. The van der Waals surface area contributed by atoms with Gasteiger partial charge < -0.3 is 9.53 Å². The predicted octanol–water partition coefficient (Wildman–Crippen LogP) is 1.61. The number of hydrogen-bond acceptors (Lipinski definition) is 2. The van der Waals surface area contributed by atoms with E-state index in [2.05, 4.69) is 5.92 Å². The van der Waals surface area contributed by atoms with Crippen molar-refractivity contribution in [2.45, 2.75) is 5.92 Å². The van der Waals surface area contributed by atoms with Crippen molar-refractivity contribution < 1.29 is 9.53 Å². The first kappa shape index (κ1) is 9.34. The maximum atomic E-state index is 10.6. The first-order valence-electron chi connectivity index (χ1n) is 3.87. The van der Waals surface area contributed by atoms with E-state index in [0.717, 1.165) is 11.8 Å². The van der Waals surface area contributed by atoms with Crippen molar-refractivity contribution in [2.75, 3.05) is 7.11 Å². The minimum Gasteiger partial charge on any atom is -0.497 e. The Bertz CT molecular complexity index is 336. The summed E-state index contributed by atoms with van der Waals surface area (Å²) in [6, 6.07) is 7.18. The van der Waals surface area contributed by atoms with Crippen LogP contribution in [-0.2, 0) is 4.79 Å². The zero-order chi connectivity index (χ0) is 9.68. The van der Waals surface area contributed by atoms with E-state index in [0.29, 0.717) is 5.75 Å². The molecular weight excluding hydrogens is 164 g/mol. The Balaban J connectivity index is 3.01. The van der Waals surface area contributed by atoms with Gasteiger partial charge in [0.15, 0.2) is 0 Å². The maximum Gasteiger partial charge on any atom is 0.139 e. The van der Waals surface area contributed by atoms with Crippen molar-refractivity contribution in [3.05, 3.63) is 29.8 Å². The number of rotatable bonds is 3. The molecule has 13 heavy (non-hydrogen) atoms. The standard InChI is InChI=1S/C11H10O2/c1-3-9(8-12)10-5-4-6-11(7-10)13-2/h1,4-9H,2H3. The summed E-state index contributed by atoms with van der Waals surface area (Å²) in [5.41, 5.74) is 0.789. The van der Waals surface area contributed by atoms with Gasteiger partial charge in [0.2, 0.25) is 0 Å². The normalized spacial score (nSPS) is 11.4. The van der Waals surface area contributed by atoms with Crippen LogP contribution in [0.2, 0.25) is 0 Å². The highest BCUT2D eigenvalue weighted by Gasteiger charge is 2.06. The highest BCUT2D eigenvalue weighted by molar-refractivity contribution is 5.67. The maximum absolute atomic E-state index is 10.6. The fourth-order valence-corrected chi connectivity index (χ4v) is 1.05. The quantitative estimate of drug-likeness (QED) is 0.514. The number of carbonyl (C=O) groups excluding carboxylic acids is 1. The molecule has 0 radical (unpaired) electrons. The van der Waals surface area contributed by atoms with Crippen LogP contribution >= 0.6 is 0 Å². The Labute approximate surface area is 77.5 Å². The molecule has 1 atom stereocenters. The van der Waals surface area contributed by atoms with Gasteiger partial charge in [-0.2, -0.15) is 0 Å². The molecule has 0 aromatic heterocycles. The summed E-state index contributed by atoms with van der Waals surface area (Å²) in [6.07, 6.45) is 5.93. The second kappa shape index (κ2) is 4.32. The van der Waals surface area contributed by atoms with Crippen molar-refractivity contribution >= 4 is 6.29 Å². The lowest BCUT2D eigenvalue weighted by molar-refractivity contribution is -0.108. The molecule has 1 unspecified atom stereocenters. The minimum absolute atomic E-state index is 0.477. The molecule has 2 heteroatoms. The van der Waals surface area contributed by atoms with Crippen molar-refractivity contribution in [1.29, 1.82) is 0 Å².